The Kier molecular flexibility index (Phi) is 4.27. The number of piperazine rings is 1. The SMILES string of the molecule is CCCc1cc(SC(C)C)c2c(c1)[C@@H]1CNCCN1C2=O. The Bertz CT molecular complexity index is 556. The van der Waals surface area contributed by atoms with E-state index in [2.05, 4.69) is 43.1 Å². The fraction of sp³-hybridized carbons (Fsp3) is 0.588. The van der Waals surface area contributed by atoms with Gasteiger partial charge in [-0.15, -0.1) is 11.8 Å². The first kappa shape index (κ1) is 14.9. The smallest absolute Gasteiger partial charge is 0.255 e. The van der Waals surface area contributed by atoms with Gasteiger partial charge in [0.15, 0.2) is 0 Å². The van der Waals surface area contributed by atoms with E-state index in [1.54, 1.807) is 0 Å². The topological polar surface area (TPSA) is 32.3 Å². The summed E-state index contributed by atoms with van der Waals surface area (Å²) >= 11 is 1.83. The Morgan fingerprint density at radius 3 is 2.95 bits per heavy atom. The van der Waals surface area contributed by atoms with Gasteiger partial charge in [-0.05, 0) is 23.6 Å². The predicted molar refractivity (Wildman–Crippen MR) is 88.1 cm³/mol. The van der Waals surface area contributed by atoms with Gasteiger partial charge in [0, 0.05) is 29.8 Å². The number of hydrogen-bond acceptors (Lipinski definition) is 3. The second kappa shape index (κ2) is 6.01. The van der Waals surface area contributed by atoms with Crippen molar-refractivity contribution in [2.45, 2.75) is 49.8 Å². The minimum atomic E-state index is 0.239. The summed E-state index contributed by atoms with van der Waals surface area (Å²) in [6, 6.07) is 4.76. The van der Waals surface area contributed by atoms with E-state index in [9.17, 15) is 4.79 Å². The summed E-state index contributed by atoms with van der Waals surface area (Å²) in [5.74, 6) is 0.239. The van der Waals surface area contributed by atoms with Crippen LogP contribution in [-0.2, 0) is 6.42 Å². The number of rotatable bonds is 4. The molecule has 0 unspecified atom stereocenters. The third-order valence-electron chi connectivity index (χ3n) is 4.17. The summed E-state index contributed by atoms with van der Waals surface area (Å²) in [7, 11) is 0. The zero-order chi connectivity index (χ0) is 15.0. The van der Waals surface area contributed by atoms with Crippen LogP contribution in [0, 0.1) is 0 Å². The number of thioether (sulfide) groups is 1. The van der Waals surface area contributed by atoms with Crippen LogP contribution in [-0.4, -0.2) is 35.7 Å². The molecule has 1 atom stereocenters. The fourth-order valence-electron chi connectivity index (χ4n) is 3.34. The minimum absolute atomic E-state index is 0.239. The molecule has 0 aliphatic carbocycles. The number of nitrogens with one attached hydrogen (secondary N) is 1. The zero-order valence-electron chi connectivity index (χ0n) is 13.1. The van der Waals surface area contributed by atoms with E-state index in [0.29, 0.717) is 5.25 Å². The number of fused-ring (bicyclic) bond motifs is 3. The van der Waals surface area contributed by atoms with E-state index in [4.69, 9.17) is 0 Å². The first-order valence-electron chi connectivity index (χ1n) is 7.97. The molecule has 2 aliphatic heterocycles. The Labute approximate surface area is 131 Å². The van der Waals surface area contributed by atoms with Gasteiger partial charge in [0.25, 0.3) is 5.91 Å². The van der Waals surface area contributed by atoms with Gasteiger partial charge in [-0.1, -0.05) is 33.3 Å². The van der Waals surface area contributed by atoms with Crippen molar-refractivity contribution in [1.29, 1.82) is 0 Å². The van der Waals surface area contributed by atoms with Crippen LogP contribution in [0.15, 0.2) is 17.0 Å². The molecule has 1 aromatic rings. The van der Waals surface area contributed by atoms with Gasteiger partial charge >= 0.3 is 0 Å². The highest BCUT2D eigenvalue weighted by molar-refractivity contribution is 8.00. The lowest BCUT2D eigenvalue weighted by Crippen LogP contribution is -2.44. The average molecular weight is 304 g/mol. The molecule has 3 rings (SSSR count). The van der Waals surface area contributed by atoms with Gasteiger partial charge in [0.05, 0.1) is 11.6 Å². The van der Waals surface area contributed by atoms with Crippen molar-refractivity contribution >= 4 is 17.7 Å². The molecule has 1 aromatic carbocycles. The summed E-state index contributed by atoms with van der Waals surface area (Å²) in [6.45, 7) is 9.22. The summed E-state index contributed by atoms with van der Waals surface area (Å²) in [4.78, 5) is 16.0. The number of carbonyl (C=O) groups excluding carboxylic acids is 1. The maximum absolute atomic E-state index is 12.8. The molecule has 1 saturated heterocycles. The quantitative estimate of drug-likeness (QED) is 0.867. The third kappa shape index (κ3) is 2.71. The molecule has 0 aromatic heterocycles. The van der Waals surface area contributed by atoms with Gasteiger partial charge in [0.2, 0.25) is 0 Å². The molecule has 114 valence electrons. The number of benzene rings is 1. The zero-order valence-corrected chi connectivity index (χ0v) is 13.9. The minimum Gasteiger partial charge on any atom is -0.329 e. The highest BCUT2D eigenvalue weighted by Crippen LogP contribution is 2.41. The standard InChI is InChI=1S/C17H24N2OS/c1-4-5-12-8-13-14-10-18-6-7-19(14)17(20)16(13)15(9-12)21-11(2)3/h8-9,11,14,18H,4-7,10H2,1-3H3/t14-/m0/s1. The van der Waals surface area contributed by atoms with Gasteiger partial charge in [-0.25, -0.2) is 0 Å². The molecule has 0 bridgehead atoms. The van der Waals surface area contributed by atoms with E-state index in [1.807, 2.05) is 11.8 Å². The molecule has 4 heteroatoms. The number of hydrogen-bond donors (Lipinski definition) is 1. The van der Waals surface area contributed by atoms with E-state index in [-0.39, 0.29) is 11.9 Å². The summed E-state index contributed by atoms with van der Waals surface area (Å²) < 4.78 is 0. The van der Waals surface area contributed by atoms with Crippen molar-refractivity contribution in [2.75, 3.05) is 19.6 Å². The van der Waals surface area contributed by atoms with E-state index in [0.717, 1.165) is 38.0 Å². The second-order valence-corrected chi connectivity index (χ2v) is 7.81. The van der Waals surface area contributed by atoms with Crippen LogP contribution in [0.4, 0.5) is 0 Å². The van der Waals surface area contributed by atoms with E-state index >= 15 is 0 Å². The van der Waals surface area contributed by atoms with E-state index in [1.165, 1.54) is 16.0 Å². The predicted octanol–water partition coefficient (Wildman–Crippen LogP) is 3.24. The van der Waals surface area contributed by atoms with Gasteiger partial charge in [0.1, 0.15) is 0 Å². The lowest BCUT2D eigenvalue weighted by atomic mass is 9.98. The Hall–Kier alpha value is -1.00. The third-order valence-corrected chi connectivity index (χ3v) is 5.22. The summed E-state index contributed by atoms with van der Waals surface area (Å²) in [5.41, 5.74) is 3.60. The number of amides is 1. The van der Waals surface area contributed by atoms with Crippen LogP contribution in [0.5, 0.6) is 0 Å². The van der Waals surface area contributed by atoms with Crippen LogP contribution >= 0.6 is 11.8 Å². The van der Waals surface area contributed by atoms with Crippen LogP contribution < -0.4 is 5.32 Å². The second-order valence-electron chi connectivity index (χ2n) is 6.19. The van der Waals surface area contributed by atoms with Gasteiger partial charge in [-0.2, -0.15) is 0 Å². The first-order chi connectivity index (χ1) is 10.1. The van der Waals surface area contributed by atoms with Crippen molar-refractivity contribution < 1.29 is 4.79 Å². The molecule has 2 aliphatic rings. The van der Waals surface area contributed by atoms with Crippen molar-refractivity contribution in [3.63, 3.8) is 0 Å². The van der Waals surface area contributed by atoms with Crippen LogP contribution in [0.2, 0.25) is 0 Å². The average Bonchev–Trinajstić information content (AvgIpc) is 2.73. The van der Waals surface area contributed by atoms with Crippen LogP contribution in [0.25, 0.3) is 0 Å². The maximum Gasteiger partial charge on any atom is 0.255 e. The number of nitrogens with zero attached hydrogens (tertiary/aromatic N) is 1. The molecule has 1 N–H and O–H groups in total. The Morgan fingerprint density at radius 2 is 2.24 bits per heavy atom. The molecule has 1 fully saturated rings. The Morgan fingerprint density at radius 1 is 1.43 bits per heavy atom. The molecule has 21 heavy (non-hydrogen) atoms. The molecule has 3 nitrogen and oxygen atoms in total. The lowest BCUT2D eigenvalue weighted by molar-refractivity contribution is 0.0688. The van der Waals surface area contributed by atoms with Gasteiger partial charge < -0.3 is 10.2 Å². The molecule has 1 amide bonds. The molecular formula is C17H24N2OS. The fourth-order valence-corrected chi connectivity index (χ4v) is 4.39. The maximum atomic E-state index is 12.8. The summed E-state index contributed by atoms with van der Waals surface area (Å²) in [5, 5.41) is 3.92. The van der Waals surface area contributed by atoms with Crippen molar-refractivity contribution in [3.8, 4) is 0 Å². The number of carbonyl (C=O) groups is 1. The highest BCUT2D eigenvalue weighted by Gasteiger charge is 2.39. The van der Waals surface area contributed by atoms with Crippen LogP contribution in [0.3, 0.4) is 0 Å². The molecule has 0 saturated carbocycles. The lowest BCUT2D eigenvalue weighted by Gasteiger charge is -2.30. The monoisotopic (exact) mass is 304 g/mol. The molecule has 0 spiro atoms. The molecule has 0 radical (unpaired) electrons. The largest absolute Gasteiger partial charge is 0.329 e. The molecular weight excluding hydrogens is 280 g/mol. The first-order valence-corrected chi connectivity index (χ1v) is 8.85. The van der Waals surface area contributed by atoms with Crippen LogP contribution in [0.1, 0.15) is 54.7 Å². The Balaban J connectivity index is 2.07. The molecule has 2 heterocycles. The van der Waals surface area contributed by atoms with Crippen molar-refractivity contribution in [3.05, 3.63) is 28.8 Å². The highest BCUT2D eigenvalue weighted by atomic mass is 32.2. The van der Waals surface area contributed by atoms with Gasteiger partial charge in [-0.3, -0.25) is 4.79 Å². The van der Waals surface area contributed by atoms with E-state index < -0.39 is 0 Å². The normalized spacial score (nSPS) is 20.9. The summed E-state index contributed by atoms with van der Waals surface area (Å²) in [6.07, 6.45) is 2.23. The van der Waals surface area contributed by atoms with Crippen molar-refractivity contribution in [2.24, 2.45) is 0 Å². The van der Waals surface area contributed by atoms with Crippen molar-refractivity contribution in [1.82, 2.24) is 10.2 Å². The number of aryl methyl sites for hydroxylation is 1.